The Morgan fingerprint density at radius 2 is 1.65 bits per heavy atom. The highest BCUT2D eigenvalue weighted by Gasteiger charge is 2.21. The van der Waals surface area contributed by atoms with E-state index in [1.807, 2.05) is 75.4 Å². The van der Waals surface area contributed by atoms with Crippen LogP contribution in [0.5, 0.6) is 0 Å². The molecule has 6 heteroatoms. The van der Waals surface area contributed by atoms with Crippen molar-refractivity contribution in [1.29, 1.82) is 0 Å². The maximum Gasteiger partial charge on any atom is 0.418 e. The fourth-order valence-corrected chi connectivity index (χ4v) is 4.45. The van der Waals surface area contributed by atoms with Crippen molar-refractivity contribution in [3.63, 3.8) is 0 Å². The summed E-state index contributed by atoms with van der Waals surface area (Å²) >= 11 is 0. The number of aromatic nitrogens is 2. The van der Waals surface area contributed by atoms with Crippen LogP contribution in [0.1, 0.15) is 38.2 Å². The molecule has 0 unspecified atom stereocenters. The molecule has 37 heavy (non-hydrogen) atoms. The third-order valence-corrected chi connectivity index (χ3v) is 5.99. The summed E-state index contributed by atoms with van der Waals surface area (Å²) in [5.41, 5.74) is 3.68. The van der Waals surface area contributed by atoms with Crippen molar-refractivity contribution >= 4 is 33.7 Å². The fraction of sp³-hybridized carbons (Fsp3) is 0.194. The lowest BCUT2D eigenvalue weighted by molar-refractivity contribution is 0.0515. The quantitative estimate of drug-likeness (QED) is 0.243. The molecule has 0 atom stereocenters. The Morgan fingerprint density at radius 3 is 2.43 bits per heavy atom. The molecule has 0 saturated heterocycles. The van der Waals surface area contributed by atoms with E-state index in [1.54, 1.807) is 19.2 Å². The number of hydrogen-bond donors (Lipinski definition) is 0. The zero-order valence-corrected chi connectivity index (χ0v) is 21.3. The molecule has 0 spiro atoms. The molecular weight excluding hydrogens is 464 g/mol. The molecule has 0 bridgehead atoms. The average Bonchev–Trinajstić information content (AvgIpc) is 3.37. The van der Waals surface area contributed by atoms with E-state index in [0.29, 0.717) is 11.2 Å². The highest BCUT2D eigenvalue weighted by atomic mass is 16.6. The Labute approximate surface area is 215 Å². The smallest absolute Gasteiger partial charge is 0.418 e. The minimum absolute atomic E-state index is 0.251. The number of carbonyl (C=O) groups excluding carboxylic acids is 2. The van der Waals surface area contributed by atoms with Gasteiger partial charge in [-0.3, -0.25) is 4.57 Å². The lowest BCUT2D eigenvalue weighted by Crippen LogP contribution is -2.27. The van der Waals surface area contributed by atoms with Crippen LogP contribution < -0.4 is 0 Å². The van der Waals surface area contributed by atoms with Crippen molar-refractivity contribution in [2.45, 2.75) is 33.3 Å². The normalized spacial score (nSPS) is 11.6. The van der Waals surface area contributed by atoms with Crippen molar-refractivity contribution < 1.29 is 19.1 Å². The number of fused-ring (bicyclic) bond motifs is 2. The van der Waals surface area contributed by atoms with Crippen LogP contribution >= 0.6 is 0 Å². The van der Waals surface area contributed by atoms with Crippen LogP contribution in [0.3, 0.4) is 0 Å². The van der Waals surface area contributed by atoms with Gasteiger partial charge >= 0.3 is 12.1 Å². The van der Waals surface area contributed by atoms with Crippen molar-refractivity contribution in [3.8, 4) is 22.4 Å². The van der Waals surface area contributed by atoms with Crippen molar-refractivity contribution in [2.24, 2.45) is 0 Å². The Bertz CT molecular complexity index is 1640. The number of ether oxygens (including phenoxy) is 2. The Hall–Kier alpha value is -4.45. The number of esters is 1. The first kappa shape index (κ1) is 24.3. The minimum Gasteiger partial charge on any atom is -0.461 e. The molecule has 0 amide bonds. The van der Waals surface area contributed by atoms with E-state index in [2.05, 4.69) is 18.2 Å². The molecule has 3 aromatic carbocycles. The standard InChI is InChI=1S/C31H28N2O4/c1-5-36-29(34)26-16-15-21-18-22(27-14-9-17-33(27)30(35)37-31(2,3)4)19-25(28(21)32-26)24-13-8-11-20-10-6-7-12-23(20)24/h6-19H,5H2,1-4H3. The maximum absolute atomic E-state index is 13.0. The van der Waals surface area contributed by atoms with Gasteiger partial charge in [-0.25, -0.2) is 14.6 Å². The molecule has 5 rings (SSSR count). The zero-order chi connectivity index (χ0) is 26.2. The fourth-order valence-electron chi connectivity index (χ4n) is 4.45. The van der Waals surface area contributed by atoms with Crippen LogP contribution in [-0.2, 0) is 9.47 Å². The van der Waals surface area contributed by atoms with Crippen LogP contribution in [-0.4, -0.2) is 33.8 Å². The maximum atomic E-state index is 13.0. The number of carbonyl (C=O) groups is 2. The summed E-state index contributed by atoms with van der Waals surface area (Å²) in [5, 5.41) is 3.00. The second-order valence-corrected chi connectivity index (χ2v) is 9.78. The zero-order valence-electron chi connectivity index (χ0n) is 21.3. The van der Waals surface area contributed by atoms with Crippen molar-refractivity contribution in [2.75, 3.05) is 6.61 Å². The molecule has 0 saturated carbocycles. The summed E-state index contributed by atoms with van der Waals surface area (Å²) in [5.74, 6) is -0.462. The molecule has 2 heterocycles. The topological polar surface area (TPSA) is 70.4 Å². The minimum atomic E-state index is -0.621. The van der Waals surface area contributed by atoms with Crippen LogP contribution in [0.2, 0.25) is 0 Å². The van der Waals surface area contributed by atoms with Gasteiger partial charge in [0.25, 0.3) is 0 Å². The van der Waals surface area contributed by atoms with E-state index in [-0.39, 0.29) is 12.3 Å². The number of nitrogens with zero attached hydrogens (tertiary/aromatic N) is 2. The van der Waals surface area contributed by atoms with E-state index < -0.39 is 17.7 Å². The van der Waals surface area contributed by atoms with Gasteiger partial charge in [0, 0.05) is 22.7 Å². The van der Waals surface area contributed by atoms with Gasteiger partial charge in [-0.1, -0.05) is 48.5 Å². The molecule has 0 aliphatic heterocycles. The summed E-state index contributed by atoms with van der Waals surface area (Å²) in [6.45, 7) is 7.57. The van der Waals surface area contributed by atoms with Crippen molar-refractivity contribution in [3.05, 3.63) is 90.8 Å². The molecule has 0 fully saturated rings. The third kappa shape index (κ3) is 4.83. The number of pyridine rings is 1. The van der Waals surface area contributed by atoms with Gasteiger partial charge in [-0.05, 0) is 74.4 Å². The van der Waals surface area contributed by atoms with Gasteiger partial charge in [-0.15, -0.1) is 0 Å². The van der Waals surface area contributed by atoms with Crippen LogP contribution in [0.15, 0.2) is 85.1 Å². The lowest BCUT2D eigenvalue weighted by atomic mass is 9.93. The SMILES string of the molecule is CCOC(=O)c1ccc2cc(-c3cccn3C(=O)OC(C)(C)C)cc(-c3cccc4ccccc34)c2n1. The number of rotatable bonds is 4. The monoisotopic (exact) mass is 492 g/mol. The summed E-state index contributed by atoms with van der Waals surface area (Å²) in [4.78, 5) is 30.2. The van der Waals surface area contributed by atoms with E-state index in [0.717, 1.165) is 32.8 Å². The summed E-state index contributed by atoms with van der Waals surface area (Å²) in [7, 11) is 0. The van der Waals surface area contributed by atoms with Crippen LogP contribution in [0, 0.1) is 0 Å². The van der Waals surface area contributed by atoms with Crippen LogP contribution in [0.25, 0.3) is 44.1 Å². The molecular formula is C31H28N2O4. The largest absolute Gasteiger partial charge is 0.461 e. The van der Waals surface area contributed by atoms with Gasteiger partial charge in [0.15, 0.2) is 0 Å². The molecule has 6 nitrogen and oxygen atoms in total. The second-order valence-electron chi connectivity index (χ2n) is 9.78. The molecule has 0 N–H and O–H groups in total. The lowest BCUT2D eigenvalue weighted by Gasteiger charge is -2.21. The second kappa shape index (κ2) is 9.54. The van der Waals surface area contributed by atoms with Gasteiger partial charge in [0.1, 0.15) is 11.3 Å². The van der Waals surface area contributed by atoms with E-state index in [1.165, 1.54) is 4.57 Å². The Balaban J connectivity index is 1.76. The van der Waals surface area contributed by atoms with Gasteiger partial charge in [0.05, 0.1) is 17.8 Å². The first-order valence-corrected chi connectivity index (χ1v) is 12.3. The predicted octanol–water partition coefficient (Wildman–Crippen LogP) is 7.48. The van der Waals surface area contributed by atoms with Gasteiger partial charge < -0.3 is 9.47 Å². The van der Waals surface area contributed by atoms with E-state index in [4.69, 9.17) is 14.5 Å². The van der Waals surface area contributed by atoms with E-state index >= 15 is 0 Å². The first-order chi connectivity index (χ1) is 17.7. The first-order valence-electron chi connectivity index (χ1n) is 12.3. The van der Waals surface area contributed by atoms with Crippen molar-refractivity contribution in [1.82, 2.24) is 9.55 Å². The molecule has 0 aliphatic carbocycles. The molecule has 0 aliphatic rings. The molecule has 0 radical (unpaired) electrons. The van der Waals surface area contributed by atoms with Gasteiger partial charge in [-0.2, -0.15) is 0 Å². The predicted molar refractivity (Wildman–Crippen MR) is 146 cm³/mol. The summed E-state index contributed by atoms with van der Waals surface area (Å²) < 4.78 is 12.3. The average molecular weight is 493 g/mol. The molecule has 2 aromatic heterocycles. The molecule has 5 aromatic rings. The number of hydrogen-bond acceptors (Lipinski definition) is 5. The van der Waals surface area contributed by atoms with Gasteiger partial charge in [0.2, 0.25) is 0 Å². The third-order valence-electron chi connectivity index (χ3n) is 5.99. The van der Waals surface area contributed by atoms with E-state index in [9.17, 15) is 9.59 Å². The Morgan fingerprint density at radius 1 is 0.865 bits per heavy atom. The highest BCUT2D eigenvalue weighted by molar-refractivity contribution is 6.06. The number of benzene rings is 3. The summed E-state index contributed by atoms with van der Waals surface area (Å²) in [6.07, 6.45) is 1.25. The highest BCUT2D eigenvalue weighted by Crippen LogP contribution is 2.37. The van der Waals surface area contributed by atoms with Crippen LogP contribution in [0.4, 0.5) is 4.79 Å². The summed E-state index contributed by atoms with van der Waals surface area (Å²) in [6, 6.07) is 25.5. The molecule has 186 valence electrons. The Kier molecular flexibility index (Phi) is 6.25.